The monoisotopic (exact) mass is 356 g/mol. The summed E-state index contributed by atoms with van der Waals surface area (Å²) in [6.45, 7) is 0.124. The molecular formula is C18H17FN4O3. The predicted octanol–water partition coefficient (Wildman–Crippen LogP) is 0.766. The number of hydrogen-bond donors (Lipinski definition) is 3. The average molecular weight is 356 g/mol. The second-order valence-electron chi connectivity index (χ2n) is 7.50. The Kier molecular flexibility index (Phi) is 2.93. The van der Waals surface area contributed by atoms with Gasteiger partial charge in [0.2, 0.25) is 5.75 Å². The van der Waals surface area contributed by atoms with E-state index >= 15 is 0 Å². The van der Waals surface area contributed by atoms with Crippen LogP contribution in [0.15, 0.2) is 29.1 Å². The van der Waals surface area contributed by atoms with Crippen molar-refractivity contribution in [3.05, 3.63) is 57.5 Å². The van der Waals surface area contributed by atoms with E-state index in [0.29, 0.717) is 23.2 Å². The smallest absolute Gasteiger partial charge is 0.296 e. The van der Waals surface area contributed by atoms with Crippen molar-refractivity contribution in [2.75, 3.05) is 0 Å². The van der Waals surface area contributed by atoms with E-state index < -0.39 is 22.8 Å². The fourth-order valence-electron chi connectivity index (χ4n) is 4.64. The van der Waals surface area contributed by atoms with Crippen LogP contribution < -0.4 is 16.6 Å². The summed E-state index contributed by atoms with van der Waals surface area (Å²) in [4.78, 5) is 29.3. The number of halogens is 1. The van der Waals surface area contributed by atoms with Crippen LogP contribution in [-0.4, -0.2) is 20.6 Å². The molecule has 4 bridgehead atoms. The molecule has 3 heterocycles. The minimum absolute atomic E-state index is 0.0534. The Hall–Kier alpha value is -2.74. The van der Waals surface area contributed by atoms with Gasteiger partial charge in [-0.1, -0.05) is 12.1 Å². The average Bonchev–Trinajstić information content (AvgIpc) is 3.16. The van der Waals surface area contributed by atoms with Crippen molar-refractivity contribution in [3.63, 3.8) is 0 Å². The molecule has 8 heteroatoms. The van der Waals surface area contributed by atoms with E-state index in [0.717, 1.165) is 12.8 Å². The maximum Gasteiger partial charge on any atom is 0.296 e. The van der Waals surface area contributed by atoms with Crippen molar-refractivity contribution in [2.24, 2.45) is 17.6 Å². The Morgan fingerprint density at radius 3 is 2.65 bits per heavy atom. The molecule has 2 unspecified atom stereocenters. The van der Waals surface area contributed by atoms with Gasteiger partial charge in [-0.25, -0.2) is 9.37 Å². The zero-order valence-corrected chi connectivity index (χ0v) is 13.8. The molecule has 1 amide bonds. The van der Waals surface area contributed by atoms with Crippen molar-refractivity contribution in [3.8, 4) is 5.75 Å². The second-order valence-corrected chi connectivity index (χ2v) is 7.50. The Morgan fingerprint density at radius 1 is 1.35 bits per heavy atom. The van der Waals surface area contributed by atoms with Crippen molar-refractivity contribution < 1.29 is 14.3 Å². The largest absolute Gasteiger partial charge is 0.501 e. The van der Waals surface area contributed by atoms with Gasteiger partial charge in [0.05, 0.1) is 5.54 Å². The van der Waals surface area contributed by atoms with Gasteiger partial charge in [0.15, 0.2) is 5.69 Å². The molecule has 2 fully saturated rings. The van der Waals surface area contributed by atoms with E-state index in [2.05, 4.69) is 10.3 Å². The number of nitrogens with zero attached hydrogens (tertiary/aromatic N) is 2. The van der Waals surface area contributed by atoms with Crippen LogP contribution in [0.2, 0.25) is 0 Å². The summed E-state index contributed by atoms with van der Waals surface area (Å²) in [6.07, 6.45) is 1.52. The number of nitrogens with one attached hydrogen (secondary N) is 1. The third-order valence-electron chi connectivity index (χ3n) is 5.90. The highest BCUT2D eigenvalue weighted by atomic mass is 19.1. The van der Waals surface area contributed by atoms with Gasteiger partial charge in [-0.2, -0.15) is 0 Å². The van der Waals surface area contributed by atoms with Gasteiger partial charge in [0, 0.05) is 12.6 Å². The summed E-state index contributed by atoms with van der Waals surface area (Å²) in [7, 11) is 0. The Balaban J connectivity index is 1.46. The Bertz CT molecular complexity index is 989. The quantitative estimate of drug-likeness (QED) is 0.752. The number of carbonyl (C=O) groups is 1. The first-order valence-electron chi connectivity index (χ1n) is 8.56. The molecular weight excluding hydrogens is 339 g/mol. The van der Waals surface area contributed by atoms with E-state index in [1.165, 1.54) is 16.7 Å². The summed E-state index contributed by atoms with van der Waals surface area (Å²) in [5.41, 5.74) is 5.49. The third kappa shape index (κ3) is 1.99. The lowest BCUT2D eigenvalue weighted by atomic mass is 9.88. The summed E-state index contributed by atoms with van der Waals surface area (Å²) in [6, 6.07) is 5.72. The molecule has 0 spiro atoms. The van der Waals surface area contributed by atoms with Crippen LogP contribution >= 0.6 is 0 Å². The van der Waals surface area contributed by atoms with Crippen molar-refractivity contribution >= 4 is 5.91 Å². The number of rotatable bonds is 3. The van der Waals surface area contributed by atoms with Crippen molar-refractivity contribution in [1.82, 2.24) is 14.9 Å². The molecule has 2 aromatic rings. The molecule has 1 aromatic carbocycles. The minimum Gasteiger partial charge on any atom is -0.501 e. The SMILES string of the molecule is NC12CC3C(C1)C3n1c2nc(C(=O)NCc2ccc(F)cc2)c(O)c1=O. The fraction of sp³-hybridized carbons (Fsp3) is 0.389. The Morgan fingerprint density at radius 2 is 2.00 bits per heavy atom. The van der Waals surface area contributed by atoms with Crippen LogP contribution in [0, 0.1) is 17.7 Å². The molecule has 1 aromatic heterocycles. The zero-order chi connectivity index (χ0) is 18.2. The minimum atomic E-state index is -0.705. The fourth-order valence-corrected chi connectivity index (χ4v) is 4.64. The van der Waals surface area contributed by atoms with E-state index in [9.17, 15) is 19.1 Å². The highest BCUT2D eigenvalue weighted by molar-refractivity contribution is 5.94. The second kappa shape index (κ2) is 4.91. The number of amides is 1. The van der Waals surface area contributed by atoms with Crippen LogP contribution in [0.5, 0.6) is 5.75 Å². The molecule has 4 N–H and O–H groups in total. The highest BCUT2D eigenvalue weighted by Crippen LogP contribution is 2.68. The van der Waals surface area contributed by atoms with E-state index in [1.807, 2.05) is 0 Å². The van der Waals surface area contributed by atoms with Gasteiger partial charge in [-0.05, 0) is 42.4 Å². The van der Waals surface area contributed by atoms with Gasteiger partial charge < -0.3 is 16.2 Å². The standard InChI is InChI=1S/C18H17FN4O3/c19-9-3-1-8(2-4-9)7-21-15(25)12-14(24)16(26)23-13-10-5-18(20,6-11(10)13)17(23)22-12/h1-4,10-11,13,24H,5-7,20H2,(H,21,25). The summed E-state index contributed by atoms with van der Waals surface area (Å²) in [5.74, 6) is -0.533. The normalized spacial score (nSPS) is 30.0. The first-order chi connectivity index (χ1) is 12.4. The van der Waals surface area contributed by atoms with E-state index in [4.69, 9.17) is 5.73 Å². The highest BCUT2D eigenvalue weighted by Gasteiger charge is 2.68. The maximum atomic E-state index is 12.9. The lowest BCUT2D eigenvalue weighted by molar-refractivity contribution is 0.0940. The molecule has 2 aliphatic heterocycles. The van der Waals surface area contributed by atoms with Crippen LogP contribution in [0.25, 0.3) is 0 Å². The molecule has 7 nitrogen and oxygen atoms in total. The molecule has 2 atom stereocenters. The third-order valence-corrected chi connectivity index (χ3v) is 5.90. The number of nitrogens with two attached hydrogens (primary N) is 1. The Labute approximate surface area is 147 Å². The molecule has 0 radical (unpaired) electrons. The number of hydrogen-bond acceptors (Lipinski definition) is 5. The van der Waals surface area contributed by atoms with Gasteiger partial charge >= 0.3 is 0 Å². The number of aromatic hydroxyl groups is 1. The lowest BCUT2D eigenvalue weighted by Crippen LogP contribution is -2.48. The molecule has 26 heavy (non-hydrogen) atoms. The molecule has 2 aliphatic carbocycles. The van der Waals surface area contributed by atoms with Crippen LogP contribution in [0.4, 0.5) is 4.39 Å². The van der Waals surface area contributed by atoms with Crippen LogP contribution in [0.3, 0.4) is 0 Å². The predicted molar refractivity (Wildman–Crippen MR) is 88.8 cm³/mol. The summed E-state index contributed by atoms with van der Waals surface area (Å²) >= 11 is 0. The maximum absolute atomic E-state index is 12.9. The van der Waals surface area contributed by atoms with E-state index in [1.54, 1.807) is 12.1 Å². The molecule has 6 rings (SSSR count). The first-order valence-corrected chi connectivity index (χ1v) is 8.56. The van der Waals surface area contributed by atoms with Crippen LogP contribution in [0.1, 0.15) is 40.8 Å². The molecule has 0 saturated heterocycles. The number of benzene rings is 1. The molecule has 134 valence electrons. The summed E-state index contributed by atoms with van der Waals surface area (Å²) in [5, 5.41) is 12.8. The zero-order valence-electron chi connectivity index (χ0n) is 13.8. The van der Waals surface area contributed by atoms with Gasteiger partial charge in [-0.3, -0.25) is 14.2 Å². The van der Waals surface area contributed by atoms with Gasteiger partial charge in [-0.15, -0.1) is 0 Å². The topological polar surface area (TPSA) is 110 Å². The van der Waals surface area contributed by atoms with Gasteiger partial charge in [0.25, 0.3) is 11.5 Å². The summed E-state index contributed by atoms with van der Waals surface area (Å²) < 4.78 is 14.4. The van der Waals surface area contributed by atoms with E-state index in [-0.39, 0.29) is 24.1 Å². The number of aromatic nitrogens is 2. The van der Waals surface area contributed by atoms with Gasteiger partial charge in [0.1, 0.15) is 11.6 Å². The molecule has 4 aliphatic rings. The van der Waals surface area contributed by atoms with Crippen LogP contribution in [-0.2, 0) is 12.1 Å². The molecule has 2 saturated carbocycles. The lowest BCUT2D eigenvalue weighted by Gasteiger charge is -2.35. The van der Waals surface area contributed by atoms with Crippen molar-refractivity contribution in [1.29, 1.82) is 0 Å². The number of carbonyl (C=O) groups excluding carboxylic acids is 1. The van der Waals surface area contributed by atoms with Crippen molar-refractivity contribution in [2.45, 2.75) is 31.0 Å². The first kappa shape index (κ1) is 15.5.